The number of nitrogens with zero attached hydrogens (tertiary/aromatic N) is 5. The molecule has 0 N–H and O–H groups in total. The molecule has 1 aromatic carbocycles. The van der Waals surface area contributed by atoms with Crippen LogP contribution in [0.1, 0.15) is 45.2 Å². The standard InChI is InChI=1S/C19H27N5OS/c1-14(2)24-19(20-21-22-24)26-15(3)18(25)23-11-9-17(10-12-23)13-16-7-5-4-6-8-16/h4-8,14-15,17H,9-13H2,1-3H3/t15-/m0/s1. The molecule has 1 aliphatic heterocycles. The predicted octanol–water partition coefficient (Wildman–Crippen LogP) is 3.22. The van der Waals surface area contributed by atoms with Crippen molar-refractivity contribution in [2.45, 2.75) is 56.5 Å². The zero-order valence-electron chi connectivity index (χ0n) is 15.7. The minimum Gasteiger partial charge on any atom is -0.342 e. The molecule has 0 bridgehead atoms. The van der Waals surface area contributed by atoms with E-state index in [-0.39, 0.29) is 17.2 Å². The lowest BCUT2D eigenvalue weighted by Gasteiger charge is -2.33. The minimum atomic E-state index is -0.177. The number of hydrogen-bond donors (Lipinski definition) is 0. The quantitative estimate of drug-likeness (QED) is 0.728. The maximum atomic E-state index is 12.8. The van der Waals surface area contributed by atoms with E-state index in [2.05, 4.69) is 45.9 Å². The summed E-state index contributed by atoms with van der Waals surface area (Å²) in [4.78, 5) is 14.8. The molecule has 2 heterocycles. The van der Waals surface area contributed by atoms with Gasteiger partial charge < -0.3 is 4.90 Å². The van der Waals surface area contributed by atoms with E-state index in [1.165, 1.54) is 17.3 Å². The maximum absolute atomic E-state index is 12.8. The van der Waals surface area contributed by atoms with E-state index in [4.69, 9.17) is 0 Å². The summed E-state index contributed by atoms with van der Waals surface area (Å²) in [6.07, 6.45) is 3.25. The molecule has 3 rings (SSSR count). The largest absolute Gasteiger partial charge is 0.342 e. The van der Waals surface area contributed by atoms with Gasteiger partial charge in [0.05, 0.1) is 11.3 Å². The van der Waals surface area contributed by atoms with E-state index in [0.29, 0.717) is 11.1 Å². The van der Waals surface area contributed by atoms with Crippen LogP contribution in [0.2, 0.25) is 0 Å². The van der Waals surface area contributed by atoms with E-state index in [1.807, 2.05) is 25.7 Å². The van der Waals surface area contributed by atoms with Crippen molar-refractivity contribution in [3.8, 4) is 0 Å². The van der Waals surface area contributed by atoms with Gasteiger partial charge in [0.15, 0.2) is 0 Å². The highest BCUT2D eigenvalue weighted by atomic mass is 32.2. The number of rotatable bonds is 6. The summed E-state index contributed by atoms with van der Waals surface area (Å²) in [6.45, 7) is 7.70. The Morgan fingerprint density at radius 1 is 1.19 bits per heavy atom. The van der Waals surface area contributed by atoms with Crippen LogP contribution in [0.3, 0.4) is 0 Å². The second-order valence-corrected chi connectivity index (χ2v) is 8.53. The second kappa shape index (κ2) is 8.66. The van der Waals surface area contributed by atoms with Gasteiger partial charge >= 0.3 is 0 Å². The zero-order chi connectivity index (χ0) is 18.5. The first-order valence-electron chi connectivity index (χ1n) is 9.32. The summed E-state index contributed by atoms with van der Waals surface area (Å²) in [6, 6.07) is 10.8. The first kappa shape index (κ1) is 18.9. The third kappa shape index (κ3) is 4.63. The molecule has 0 aliphatic carbocycles. The highest BCUT2D eigenvalue weighted by molar-refractivity contribution is 8.00. The number of benzene rings is 1. The Morgan fingerprint density at radius 2 is 1.88 bits per heavy atom. The first-order chi connectivity index (χ1) is 12.5. The molecule has 0 radical (unpaired) electrons. The van der Waals surface area contributed by atoms with Crippen LogP contribution in [0.25, 0.3) is 0 Å². The monoisotopic (exact) mass is 373 g/mol. The van der Waals surface area contributed by atoms with Gasteiger partial charge in [-0.1, -0.05) is 42.1 Å². The molecule has 2 aromatic rings. The number of piperidine rings is 1. The molecule has 1 amide bonds. The molecule has 7 heteroatoms. The average molecular weight is 374 g/mol. The van der Waals surface area contributed by atoms with Crippen LogP contribution in [-0.2, 0) is 11.2 Å². The molecule has 1 atom stereocenters. The lowest BCUT2D eigenvalue weighted by atomic mass is 9.90. The summed E-state index contributed by atoms with van der Waals surface area (Å²) >= 11 is 1.45. The highest BCUT2D eigenvalue weighted by Crippen LogP contribution is 2.27. The van der Waals surface area contributed by atoms with Gasteiger partial charge in [-0.3, -0.25) is 4.79 Å². The number of amides is 1. The smallest absolute Gasteiger partial charge is 0.235 e. The average Bonchev–Trinajstić information content (AvgIpc) is 3.11. The van der Waals surface area contributed by atoms with Crippen molar-refractivity contribution in [3.63, 3.8) is 0 Å². The molecule has 1 saturated heterocycles. The van der Waals surface area contributed by atoms with Crippen molar-refractivity contribution < 1.29 is 4.79 Å². The number of tetrazole rings is 1. The maximum Gasteiger partial charge on any atom is 0.235 e. The van der Waals surface area contributed by atoms with Crippen LogP contribution in [0.15, 0.2) is 35.5 Å². The first-order valence-corrected chi connectivity index (χ1v) is 10.2. The Hall–Kier alpha value is -1.89. The highest BCUT2D eigenvalue weighted by Gasteiger charge is 2.28. The fraction of sp³-hybridized carbons (Fsp3) is 0.579. The molecule has 1 aliphatic rings. The van der Waals surface area contributed by atoms with Crippen LogP contribution >= 0.6 is 11.8 Å². The van der Waals surface area contributed by atoms with Crippen molar-refractivity contribution in [1.82, 2.24) is 25.1 Å². The number of hydrogen-bond acceptors (Lipinski definition) is 5. The third-order valence-corrected chi connectivity index (χ3v) is 5.91. The van der Waals surface area contributed by atoms with Crippen molar-refractivity contribution in [3.05, 3.63) is 35.9 Å². The molecule has 140 valence electrons. The molecule has 0 unspecified atom stereocenters. The Morgan fingerprint density at radius 3 is 2.54 bits per heavy atom. The van der Waals surface area contributed by atoms with Gasteiger partial charge in [-0.05, 0) is 61.9 Å². The van der Waals surface area contributed by atoms with E-state index in [9.17, 15) is 4.79 Å². The Labute approximate surface area is 159 Å². The molecule has 1 aromatic heterocycles. The predicted molar refractivity (Wildman–Crippen MR) is 103 cm³/mol. The van der Waals surface area contributed by atoms with Crippen molar-refractivity contribution in [2.75, 3.05) is 13.1 Å². The second-order valence-electron chi connectivity index (χ2n) is 7.22. The summed E-state index contributed by atoms with van der Waals surface area (Å²) in [5, 5.41) is 12.3. The van der Waals surface area contributed by atoms with E-state index in [1.54, 1.807) is 4.68 Å². The molecular formula is C19H27N5OS. The van der Waals surface area contributed by atoms with Crippen LogP contribution in [0.4, 0.5) is 0 Å². The molecule has 26 heavy (non-hydrogen) atoms. The van der Waals surface area contributed by atoms with Gasteiger partial charge in [-0.15, -0.1) is 5.10 Å². The summed E-state index contributed by atoms with van der Waals surface area (Å²) < 4.78 is 1.76. The zero-order valence-corrected chi connectivity index (χ0v) is 16.5. The minimum absolute atomic E-state index is 0.177. The number of likely N-dealkylation sites (tertiary alicyclic amines) is 1. The van der Waals surface area contributed by atoms with Crippen molar-refractivity contribution >= 4 is 17.7 Å². The molecule has 1 fully saturated rings. The van der Waals surface area contributed by atoms with E-state index in [0.717, 1.165) is 32.4 Å². The number of carbonyl (C=O) groups is 1. The number of thioether (sulfide) groups is 1. The van der Waals surface area contributed by atoms with Gasteiger partial charge in [-0.2, -0.15) is 0 Å². The normalized spacial score (nSPS) is 16.8. The van der Waals surface area contributed by atoms with Crippen LogP contribution in [-0.4, -0.2) is 49.4 Å². The third-order valence-electron chi connectivity index (χ3n) is 4.88. The van der Waals surface area contributed by atoms with Crippen molar-refractivity contribution in [1.29, 1.82) is 0 Å². The van der Waals surface area contributed by atoms with E-state index < -0.39 is 0 Å². The lowest BCUT2D eigenvalue weighted by Crippen LogP contribution is -2.42. The van der Waals surface area contributed by atoms with Crippen LogP contribution < -0.4 is 0 Å². The van der Waals surface area contributed by atoms with Gasteiger partial charge in [0.1, 0.15) is 0 Å². The summed E-state index contributed by atoms with van der Waals surface area (Å²) in [5.74, 6) is 0.851. The van der Waals surface area contributed by atoms with Gasteiger partial charge in [0.25, 0.3) is 0 Å². The molecule has 6 nitrogen and oxygen atoms in total. The molecule has 0 spiro atoms. The molecule has 0 saturated carbocycles. The van der Waals surface area contributed by atoms with Gasteiger partial charge in [0.2, 0.25) is 11.1 Å². The Kier molecular flexibility index (Phi) is 6.29. The Balaban J connectivity index is 1.50. The summed E-state index contributed by atoms with van der Waals surface area (Å²) in [5.41, 5.74) is 1.39. The van der Waals surface area contributed by atoms with Gasteiger partial charge in [0, 0.05) is 13.1 Å². The number of aromatic nitrogens is 4. The summed E-state index contributed by atoms with van der Waals surface area (Å²) in [7, 11) is 0. The molecular weight excluding hydrogens is 346 g/mol. The van der Waals surface area contributed by atoms with Crippen LogP contribution in [0.5, 0.6) is 0 Å². The van der Waals surface area contributed by atoms with Crippen molar-refractivity contribution in [2.24, 2.45) is 5.92 Å². The van der Waals surface area contributed by atoms with Crippen LogP contribution in [0, 0.1) is 5.92 Å². The SMILES string of the molecule is CC(C)n1nnnc1S[C@@H](C)C(=O)N1CCC(Cc2ccccc2)CC1. The number of carbonyl (C=O) groups excluding carboxylic acids is 1. The lowest BCUT2D eigenvalue weighted by molar-refractivity contribution is -0.131. The fourth-order valence-electron chi connectivity index (χ4n) is 3.36. The Bertz CT molecular complexity index is 710. The van der Waals surface area contributed by atoms with E-state index >= 15 is 0 Å². The fourth-order valence-corrected chi connectivity index (χ4v) is 4.36. The van der Waals surface area contributed by atoms with Gasteiger partial charge in [-0.25, -0.2) is 4.68 Å². The topological polar surface area (TPSA) is 63.9 Å².